The predicted octanol–water partition coefficient (Wildman–Crippen LogP) is 5.17. The van der Waals surface area contributed by atoms with Crippen molar-refractivity contribution < 1.29 is 40.7 Å². The van der Waals surface area contributed by atoms with E-state index in [0.29, 0.717) is 6.07 Å². The first-order valence-electron chi connectivity index (χ1n) is 12.3. The Morgan fingerprint density at radius 2 is 1.82 bits per heavy atom. The molecule has 0 aliphatic carbocycles. The molecule has 39 heavy (non-hydrogen) atoms. The van der Waals surface area contributed by atoms with Gasteiger partial charge in [-0.25, -0.2) is 13.2 Å². The van der Waals surface area contributed by atoms with Crippen molar-refractivity contribution in [3.05, 3.63) is 48.0 Å². The zero-order valence-corrected chi connectivity index (χ0v) is 23.1. The van der Waals surface area contributed by atoms with E-state index in [1.807, 2.05) is 0 Å². The molecule has 9 nitrogen and oxygen atoms in total. The van der Waals surface area contributed by atoms with E-state index in [-0.39, 0.29) is 48.5 Å². The summed E-state index contributed by atoms with van der Waals surface area (Å²) in [7, 11) is -4.50. The molecule has 1 unspecified atom stereocenters. The number of sulfonamides is 1. The van der Waals surface area contributed by atoms with Crippen LogP contribution in [0.5, 0.6) is 5.75 Å². The van der Waals surface area contributed by atoms with Gasteiger partial charge in [0.15, 0.2) is 0 Å². The number of ether oxygens (including phenoxy) is 2. The average molecular weight is 572 g/mol. The summed E-state index contributed by atoms with van der Waals surface area (Å²) in [6, 6.07) is 7.76. The molecule has 0 saturated carbocycles. The van der Waals surface area contributed by atoms with Crippen LogP contribution in [0.4, 0.5) is 29.3 Å². The third kappa shape index (κ3) is 7.78. The maximum Gasteiger partial charge on any atom is 0.416 e. The molecule has 0 fully saturated rings. The van der Waals surface area contributed by atoms with E-state index in [4.69, 9.17) is 9.47 Å². The van der Waals surface area contributed by atoms with Crippen molar-refractivity contribution in [3.63, 3.8) is 0 Å². The van der Waals surface area contributed by atoms with E-state index in [2.05, 4.69) is 10.6 Å². The summed E-state index contributed by atoms with van der Waals surface area (Å²) >= 11 is 0. The second-order valence-electron chi connectivity index (χ2n) is 10.3. The lowest BCUT2D eigenvalue weighted by Crippen LogP contribution is -2.45. The molecule has 1 atom stereocenters. The van der Waals surface area contributed by atoms with E-state index in [1.54, 1.807) is 34.6 Å². The first-order chi connectivity index (χ1) is 18.0. The first kappa shape index (κ1) is 30.1. The summed E-state index contributed by atoms with van der Waals surface area (Å²) in [4.78, 5) is 23.6. The summed E-state index contributed by atoms with van der Waals surface area (Å²) in [5, 5.41) is 5.26. The van der Waals surface area contributed by atoms with Crippen LogP contribution >= 0.6 is 0 Å². The van der Waals surface area contributed by atoms with Crippen molar-refractivity contribution in [1.82, 2.24) is 5.32 Å². The van der Waals surface area contributed by atoms with Crippen molar-refractivity contribution in [2.24, 2.45) is 5.92 Å². The second kappa shape index (κ2) is 11.3. The number of hydrogen-bond donors (Lipinski definition) is 2. The molecule has 0 saturated heterocycles. The number of anilines is 2. The molecule has 2 amide bonds. The van der Waals surface area contributed by atoms with Crippen molar-refractivity contribution in [3.8, 4) is 5.75 Å². The quantitative estimate of drug-likeness (QED) is 0.474. The van der Waals surface area contributed by atoms with Crippen molar-refractivity contribution in [2.45, 2.75) is 63.8 Å². The fourth-order valence-corrected chi connectivity index (χ4v) is 5.25. The van der Waals surface area contributed by atoms with Gasteiger partial charge in [-0.2, -0.15) is 13.2 Å². The lowest BCUT2D eigenvalue weighted by atomic mass is 10.1. The van der Waals surface area contributed by atoms with Crippen LogP contribution in [0.3, 0.4) is 0 Å². The number of amides is 2. The summed E-state index contributed by atoms with van der Waals surface area (Å²) < 4.78 is 79.6. The SMILES string of the molecule is CC(C)C(=O)NCCC1CN(S(=O)(=O)c2cccc(C(F)(F)F)c2)c2cc(NC(=O)OC(C)(C)C)ccc2O1. The van der Waals surface area contributed by atoms with E-state index < -0.39 is 44.5 Å². The Hall–Kier alpha value is -3.48. The Morgan fingerprint density at radius 1 is 1.13 bits per heavy atom. The predicted molar refractivity (Wildman–Crippen MR) is 139 cm³/mol. The highest BCUT2D eigenvalue weighted by atomic mass is 32.2. The van der Waals surface area contributed by atoms with E-state index in [1.165, 1.54) is 18.2 Å². The highest BCUT2D eigenvalue weighted by Gasteiger charge is 2.37. The molecule has 2 N–H and O–H groups in total. The number of benzene rings is 2. The van der Waals surface area contributed by atoms with Crippen LogP contribution in [0, 0.1) is 5.92 Å². The largest absolute Gasteiger partial charge is 0.486 e. The first-order valence-corrected chi connectivity index (χ1v) is 13.7. The van der Waals surface area contributed by atoms with Gasteiger partial charge in [-0.3, -0.25) is 14.4 Å². The van der Waals surface area contributed by atoms with Gasteiger partial charge in [0, 0.05) is 24.6 Å². The number of carbonyl (C=O) groups excluding carboxylic acids is 2. The topological polar surface area (TPSA) is 114 Å². The van der Waals surface area contributed by atoms with Crippen molar-refractivity contribution in [1.29, 1.82) is 0 Å². The van der Waals surface area contributed by atoms with Gasteiger partial charge in [0.1, 0.15) is 17.5 Å². The van der Waals surface area contributed by atoms with Crippen LogP contribution in [0.1, 0.15) is 46.6 Å². The van der Waals surface area contributed by atoms with Gasteiger partial charge in [0.25, 0.3) is 10.0 Å². The van der Waals surface area contributed by atoms with E-state index >= 15 is 0 Å². The minimum atomic E-state index is -4.74. The minimum Gasteiger partial charge on any atom is -0.486 e. The Kier molecular flexibility index (Phi) is 8.73. The molecule has 0 spiro atoms. The Bertz CT molecular complexity index is 1320. The van der Waals surface area contributed by atoms with Gasteiger partial charge < -0.3 is 14.8 Å². The van der Waals surface area contributed by atoms with Gasteiger partial charge in [0.2, 0.25) is 5.91 Å². The van der Waals surface area contributed by atoms with Gasteiger partial charge in [-0.05, 0) is 57.2 Å². The second-order valence-corrected chi connectivity index (χ2v) is 12.2. The van der Waals surface area contributed by atoms with Crippen LogP contribution in [0.15, 0.2) is 47.4 Å². The number of nitrogens with zero attached hydrogens (tertiary/aromatic N) is 1. The Morgan fingerprint density at radius 3 is 2.44 bits per heavy atom. The number of halogens is 3. The summed E-state index contributed by atoms with van der Waals surface area (Å²) in [5.41, 5.74) is -1.66. The molecule has 2 aromatic rings. The monoisotopic (exact) mass is 571 g/mol. The number of rotatable bonds is 7. The maximum atomic E-state index is 13.7. The molecule has 0 radical (unpaired) electrons. The summed E-state index contributed by atoms with van der Waals surface area (Å²) in [5.74, 6) is -0.282. The summed E-state index contributed by atoms with van der Waals surface area (Å²) in [6.07, 6.45) is -5.99. The highest BCUT2D eigenvalue weighted by molar-refractivity contribution is 7.92. The van der Waals surface area contributed by atoms with Crippen molar-refractivity contribution >= 4 is 33.4 Å². The molecule has 1 aliphatic rings. The van der Waals surface area contributed by atoms with Crippen LogP contribution in [0.25, 0.3) is 0 Å². The number of carbonyl (C=O) groups is 2. The van der Waals surface area contributed by atoms with Gasteiger partial charge in [-0.15, -0.1) is 0 Å². The van der Waals surface area contributed by atoms with Crippen LogP contribution in [-0.4, -0.2) is 45.2 Å². The number of alkyl halides is 3. The number of fused-ring (bicyclic) bond motifs is 1. The summed E-state index contributed by atoms with van der Waals surface area (Å²) in [6.45, 7) is 8.47. The number of hydrogen-bond acceptors (Lipinski definition) is 6. The third-order valence-electron chi connectivity index (χ3n) is 5.58. The number of nitrogens with one attached hydrogen (secondary N) is 2. The van der Waals surface area contributed by atoms with Crippen LogP contribution in [0.2, 0.25) is 0 Å². The molecule has 3 rings (SSSR count). The fraction of sp³-hybridized carbons (Fsp3) is 0.462. The van der Waals surface area contributed by atoms with Gasteiger partial charge in [0.05, 0.1) is 22.7 Å². The van der Waals surface area contributed by atoms with Crippen molar-refractivity contribution in [2.75, 3.05) is 22.7 Å². The normalized spacial score (nSPS) is 15.8. The Balaban J connectivity index is 1.97. The van der Waals surface area contributed by atoms with E-state index in [9.17, 15) is 31.2 Å². The lowest BCUT2D eigenvalue weighted by Gasteiger charge is -2.36. The lowest BCUT2D eigenvalue weighted by molar-refractivity contribution is -0.137. The standard InChI is InChI=1S/C26H32F3N3O6S/c1-16(2)23(33)30-12-11-19-15-32(39(35,36)20-8-6-7-17(13-20)26(27,28)29)21-14-18(9-10-22(21)37-19)31-24(34)38-25(3,4)5/h6-10,13-14,16,19H,11-12,15H2,1-5H3,(H,30,33)(H,31,34). The molecule has 0 bridgehead atoms. The van der Waals surface area contributed by atoms with Gasteiger partial charge >= 0.3 is 12.3 Å². The molecule has 0 aromatic heterocycles. The molecular weight excluding hydrogens is 539 g/mol. The fourth-order valence-electron chi connectivity index (χ4n) is 3.71. The molecule has 13 heteroatoms. The maximum absolute atomic E-state index is 13.7. The molecular formula is C26H32F3N3O6S. The molecule has 2 aromatic carbocycles. The minimum absolute atomic E-state index is 0.0310. The van der Waals surface area contributed by atoms with Crippen LogP contribution in [-0.2, 0) is 25.7 Å². The molecule has 1 aliphatic heterocycles. The molecule has 214 valence electrons. The third-order valence-corrected chi connectivity index (χ3v) is 7.35. The molecule has 1 heterocycles. The zero-order chi connectivity index (χ0) is 29.2. The average Bonchev–Trinajstić information content (AvgIpc) is 2.81. The Labute approximate surface area is 225 Å². The highest BCUT2D eigenvalue weighted by Crippen LogP contribution is 2.40. The zero-order valence-electron chi connectivity index (χ0n) is 22.3. The van der Waals surface area contributed by atoms with Crippen LogP contribution < -0.4 is 19.7 Å². The van der Waals surface area contributed by atoms with E-state index in [0.717, 1.165) is 22.5 Å². The smallest absolute Gasteiger partial charge is 0.416 e. The van der Waals surface area contributed by atoms with Gasteiger partial charge in [-0.1, -0.05) is 19.9 Å².